The molecule has 1 rings (SSSR count). The number of aryl methyl sites for hydroxylation is 1. The highest BCUT2D eigenvalue weighted by atomic mass is 32.2. The van der Waals surface area contributed by atoms with Gasteiger partial charge >= 0.3 is 5.97 Å². The van der Waals surface area contributed by atoms with Gasteiger partial charge in [-0.05, 0) is 37.5 Å². The monoisotopic (exact) mass is 335 g/mol. The summed E-state index contributed by atoms with van der Waals surface area (Å²) < 4.78 is 31.1. The standard InChI is InChI=1S/C12H17NO4S3/c1-9-3-5-10(6-4-9)20(15,16)13-11(7-8-19-2)12(14)17-18/h3-6,11,13,18H,7-8H2,1-2H3/t11-/m0/s1. The fourth-order valence-electron chi connectivity index (χ4n) is 1.50. The topological polar surface area (TPSA) is 72.5 Å². The highest BCUT2D eigenvalue weighted by molar-refractivity contribution is 7.98. The van der Waals surface area contributed by atoms with E-state index in [4.69, 9.17) is 0 Å². The van der Waals surface area contributed by atoms with Crippen LogP contribution in [0.5, 0.6) is 0 Å². The van der Waals surface area contributed by atoms with Gasteiger partial charge in [0.05, 0.1) is 4.90 Å². The van der Waals surface area contributed by atoms with Crippen molar-refractivity contribution >= 4 is 40.7 Å². The summed E-state index contributed by atoms with van der Waals surface area (Å²) in [6.07, 6.45) is 2.21. The number of sulfonamides is 1. The quantitative estimate of drug-likeness (QED) is 0.587. The summed E-state index contributed by atoms with van der Waals surface area (Å²) in [7, 11) is -3.76. The van der Waals surface area contributed by atoms with Crippen LogP contribution < -0.4 is 4.72 Å². The second-order valence-corrected chi connectivity index (χ2v) is 7.06. The van der Waals surface area contributed by atoms with Gasteiger partial charge < -0.3 is 4.18 Å². The number of hydrogen-bond donors (Lipinski definition) is 2. The Hall–Kier alpha value is -0.700. The molecule has 0 aliphatic rings. The van der Waals surface area contributed by atoms with Gasteiger partial charge in [0.15, 0.2) is 0 Å². The molecule has 0 unspecified atom stereocenters. The Labute approximate surface area is 129 Å². The fourth-order valence-corrected chi connectivity index (χ4v) is 3.31. The van der Waals surface area contributed by atoms with Crippen LogP contribution in [-0.4, -0.2) is 32.4 Å². The molecular weight excluding hydrogens is 318 g/mol. The van der Waals surface area contributed by atoms with Gasteiger partial charge in [-0.2, -0.15) is 16.5 Å². The molecule has 0 radical (unpaired) electrons. The molecule has 0 fully saturated rings. The van der Waals surface area contributed by atoms with Crippen molar-refractivity contribution in [2.24, 2.45) is 0 Å². The summed E-state index contributed by atoms with van der Waals surface area (Å²) in [4.78, 5) is 11.7. The number of rotatable bonds is 7. The van der Waals surface area contributed by atoms with Gasteiger partial charge in [0.25, 0.3) is 0 Å². The first kappa shape index (κ1) is 17.4. The molecule has 0 aliphatic heterocycles. The predicted molar refractivity (Wildman–Crippen MR) is 83.4 cm³/mol. The third-order valence-electron chi connectivity index (χ3n) is 2.61. The van der Waals surface area contributed by atoms with E-state index in [0.717, 1.165) is 5.56 Å². The Balaban J connectivity index is 2.90. The van der Waals surface area contributed by atoms with Crippen molar-refractivity contribution in [2.75, 3.05) is 12.0 Å². The van der Waals surface area contributed by atoms with Crippen LogP contribution >= 0.6 is 24.7 Å². The van der Waals surface area contributed by atoms with E-state index in [2.05, 4.69) is 21.8 Å². The summed E-state index contributed by atoms with van der Waals surface area (Å²) in [6, 6.07) is 5.45. The van der Waals surface area contributed by atoms with Crippen molar-refractivity contribution in [2.45, 2.75) is 24.3 Å². The molecule has 0 aliphatic carbocycles. The van der Waals surface area contributed by atoms with Gasteiger partial charge in [-0.15, -0.1) is 0 Å². The Kier molecular flexibility index (Phi) is 6.87. The highest BCUT2D eigenvalue weighted by Crippen LogP contribution is 2.13. The van der Waals surface area contributed by atoms with Gasteiger partial charge in [0, 0.05) is 12.9 Å². The lowest BCUT2D eigenvalue weighted by Crippen LogP contribution is -2.41. The molecular formula is C12H17NO4S3. The van der Waals surface area contributed by atoms with E-state index in [1.165, 1.54) is 23.9 Å². The average molecular weight is 335 g/mol. The van der Waals surface area contributed by atoms with Crippen LogP contribution in [0, 0.1) is 6.92 Å². The number of benzene rings is 1. The van der Waals surface area contributed by atoms with Crippen LogP contribution in [0.1, 0.15) is 12.0 Å². The number of hydrogen-bond acceptors (Lipinski definition) is 6. The fraction of sp³-hybridized carbons (Fsp3) is 0.417. The van der Waals surface area contributed by atoms with Crippen LogP contribution in [0.15, 0.2) is 29.2 Å². The van der Waals surface area contributed by atoms with E-state index < -0.39 is 22.0 Å². The molecule has 1 aromatic rings. The minimum atomic E-state index is -3.76. The number of thioether (sulfide) groups is 1. The molecule has 0 saturated heterocycles. The highest BCUT2D eigenvalue weighted by Gasteiger charge is 2.26. The molecule has 0 heterocycles. The maximum atomic E-state index is 12.2. The average Bonchev–Trinajstić information content (AvgIpc) is 2.43. The lowest BCUT2D eigenvalue weighted by atomic mass is 10.2. The first-order valence-electron chi connectivity index (χ1n) is 5.84. The first-order valence-corrected chi connectivity index (χ1v) is 9.08. The molecule has 1 aromatic carbocycles. The van der Waals surface area contributed by atoms with Gasteiger partial charge in [0.1, 0.15) is 6.04 Å². The van der Waals surface area contributed by atoms with E-state index in [1.54, 1.807) is 12.1 Å². The van der Waals surface area contributed by atoms with Crippen molar-refractivity contribution in [1.82, 2.24) is 4.72 Å². The normalized spacial score (nSPS) is 12.9. The van der Waals surface area contributed by atoms with Crippen LogP contribution in [0.4, 0.5) is 0 Å². The summed E-state index contributed by atoms with van der Waals surface area (Å²) in [5, 5.41) is 0. The second-order valence-electron chi connectivity index (χ2n) is 4.18. The van der Waals surface area contributed by atoms with Crippen LogP contribution in [0.25, 0.3) is 0 Å². The van der Waals surface area contributed by atoms with Crippen LogP contribution in [-0.2, 0) is 19.0 Å². The Morgan fingerprint density at radius 2 is 2.00 bits per heavy atom. The molecule has 0 saturated carbocycles. The summed E-state index contributed by atoms with van der Waals surface area (Å²) >= 11 is 4.95. The van der Waals surface area contributed by atoms with Gasteiger partial charge in [-0.25, -0.2) is 13.2 Å². The Morgan fingerprint density at radius 1 is 1.40 bits per heavy atom. The number of carbonyl (C=O) groups excluding carboxylic acids is 1. The molecule has 112 valence electrons. The van der Waals surface area contributed by atoms with Gasteiger partial charge in [0.2, 0.25) is 10.0 Å². The third-order valence-corrected chi connectivity index (χ3v) is 4.93. The zero-order valence-corrected chi connectivity index (χ0v) is 13.7. The summed E-state index contributed by atoms with van der Waals surface area (Å²) in [5.41, 5.74) is 0.956. The minimum Gasteiger partial charge on any atom is -0.393 e. The zero-order valence-electron chi connectivity index (χ0n) is 11.2. The maximum absolute atomic E-state index is 12.2. The van der Waals surface area contributed by atoms with Crippen molar-refractivity contribution in [3.8, 4) is 0 Å². The molecule has 8 heteroatoms. The SMILES string of the molecule is CSCC[C@H](NS(=O)(=O)c1ccc(C)cc1)C(=O)OS. The molecule has 0 bridgehead atoms. The van der Waals surface area contributed by atoms with Crippen molar-refractivity contribution in [3.63, 3.8) is 0 Å². The van der Waals surface area contributed by atoms with Gasteiger partial charge in [-0.3, -0.25) is 0 Å². The van der Waals surface area contributed by atoms with E-state index in [-0.39, 0.29) is 4.90 Å². The molecule has 0 amide bonds. The predicted octanol–water partition coefficient (Wildman–Crippen LogP) is 1.78. The molecule has 0 spiro atoms. The second kappa shape index (κ2) is 7.92. The first-order chi connectivity index (χ1) is 9.40. The van der Waals surface area contributed by atoms with Gasteiger partial charge in [-0.1, -0.05) is 17.7 Å². The van der Waals surface area contributed by atoms with Crippen molar-refractivity contribution < 1.29 is 17.4 Å². The Morgan fingerprint density at radius 3 is 2.50 bits per heavy atom. The van der Waals surface area contributed by atoms with E-state index in [9.17, 15) is 13.2 Å². The molecule has 1 N–H and O–H groups in total. The summed E-state index contributed by atoms with van der Waals surface area (Å²) in [5.74, 6) is -0.0812. The number of carbonyl (C=O) groups is 1. The molecule has 20 heavy (non-hydrogen) atoms. The number of nitrogens with one attached hydrogen (secondary N) is 1. The van der Waals surface area contributed by atoms with Crippen molar-refractivity contribution in [1.29, 1.82) is 0 Å². The number of thiol groups is 1. The molecule has 5 nitrogen and oxygen atoms in total. The Bertz CT molecular complexity index is 542. The lowest BCUT2D eigenvalue weighted by Gasteiger charge is -2.15. The summed E-state index contributed by atoms with van der Waals surface area (Å²) in [6.45, 7) is 1.86. The molecule has 0 aromatic heterocycles. The largest absolute Gasteiger partial charge is 0.393 e. The lowest BCUT2D eigenvalue weighted by molar-refractivity contribution is -0.134. The van der Waals surface area contributed by atoms with E-state index in [0.29, 0.717) is 12.2 Å². The molecule has 1 atom stereocenters. The van der Waals surface area contributed by atoms with E-state index in [1.807, 2.05) is 13.2 Å². The van der Waals surface area contributed by atoms with Crippen molar-refractivity contribution in [3.05, 3.63) is 29.8 Å². The smallest absolute Gasteiger partial charge is 0.336 e. The zero-order chi connectivity index (χ0) is 15.2. The van der Waals surface area contributed by atoms with Crippen LogP contribution in [0.2, 0.25) is 0 Å². The van der Waals surface area contributed by atoms with Crippen LogP contribution in [0.3, 0.4) is 0 Å². The third kappa shape index (κ3) is 5.01. The maximum Gasteiger partial charge on any atom is 0.336 e. The van der Waals surface area contributed by atoms with E-state index >= 15 is 0 Å². The minimum absolute atomic E-state index is 0.115.